The third-order valence-corrected chi connectivity index (χ3v) is 4.05. The minimum Gasteiger partial charge on any atom is -0.373 e. The summed E-state index contributed by atoms with van der Waals surface area (Å²) in [5.74, 6) is 0. The van der Waals surface area contributed by atoms with Crippen LogP contribution < -0.4 is 0 Å². The maximum Gasteiger partial charge on any atom is 0.184 e. The first kappa shape index (κ1) is 15.0. The van der Waals surface area contributed by atoms with Gasteiger partial charge >= 0.3 is 0 Å². The molecule has 2 heterocycles. The summed E-state index contributed by atoms with van der Waals surface area (Å²) in [6, 6.07) is 10.2. The summed E-state index contributed by atoms with van der Waals surface area (Å²) in [5, 5.41) is 0. The summed E-state index contributed by atoms with van der Waals surface area (Å²) in [5.41, 5.74) is 1.18. The quantitative estimate of drug-likeness (QED) is 0.724. The molecule has 0 aromatic heterocycles. The van der Waals surface area contributed by atoms with Crippen molar-refractivity contribution < 1.29 is 18.9 Å². The van der Waals surface area contributed by atoms with Crippen molar-refractivity contribution in [3.05, 3.63) is 35.9 Å². The summed E-state index contributed by atoms with van der Waals surface area (Å²) in [7, 11) is 0. The Bertz CT molecular complexity index is 422. The number of rotatable bonds is 7. The van der Waals surface area contributed by atoms with Gasteiger partial charge in [-0.2, -0.15) is 0 Å². The fraction of sp³-hybridized carbons (Fsp3) is 0.647. The molecule has 2 aliphatic rings. The predicted octanol–water partition coefficient (Wildman–Crippen LogP) is 2.90. The molecule has 3 rings (SSSR count). The Kier molecular flexibility index (Phi) is 5.25. The fourth-order valence-electron chi connectivity index (χ4n) is 2.80. The van der Waals surface area contributed by atoms with Gasteiger partial charge in [0.2, 0.25) is 0 Å². The van der Waals surface area contributed by atoms with Gasteiger partial charge in [-0.05, 0) is 12.0 Å². The van der Waals surface area contributed by atoms with Crippen LogP contribution in [0.25, 0.3) is 0 Å². The van der Waals surface area contributed by atoms with E-state index in [4.69, 9.17) is 18.9 Å². The molecule has 0 unspecified atom stereocenters. The standard InChI is InChI=1S/C17H24O4/c1-2-3-9-18-15-10-14(16-12-20-17(15)21-16)19-11-13-7-5-4-6-8-13/h4-8,14-17H,2-3,9-12H2,1H3/t14-,15+,16+,17+/m0/s1. The molecule has 0 radical (unpaired) electrons. The molecule has 0 spiro atoms. The highest BCUT2D eigenvalue weighted by Crippen LogP contribution is 2.31. The molecular weight excluding hydrogens is 268 g/mol. The van der Waals surface area contributed by atoms with Gasteiger partial charge in [0, 0.05) is 13.0 Å². The maximum absolute atomic E-state index is 6.05. The Morgan fingerprint density at radius 2 is 2.00 bits per heavy atom. The van der Waals surface area contributed by atoms with Crippen LogP contribution in [0.15, 0.2) is 30.3 Å². The van der Waals surface area contributed by atoms with Crippen molar-refractivity contribution in [3.8, 4) is 0 Å². The van der Waals surface area contributed by atoms with Crippen LogP contribution in [0.1, 0.15) is 31.7 Å². The largest absolute Gasteiger partial charge is 0.373 e. The van der Waals surface area contributed by atoms with Gasteiger partial charge in [0.1, 0.15) is 12.2 Å². The molecule has 1 aromatic carbocycles. The maximum atomic E-state index is 6.05. The van der Waals surface area contributed by atoms with Crippen LogP contribution in [0, 0.1) is 0 Å². The lowest BCUT2D eigenvalue weighted by Crippen LogP contribution is -2.44. The molecule has 116 valence electrons. The Morgan fingerprint density at radius 3 is 2.81 bits per heavy atom. The molecule has 0 amide bonds. The zero-order valence-corrected chi connectivity index (χ0v) is 12.6. The van der Waals surface area contributed by atoms with Crippen molar-refractivity contribution in [1.82, 2.24) is 0 Å². The van der Waals surface area contributed by atoms with Crippen molar-refractivity contribution in [1.29, 1.82) is 0 Å². The Labute approximate surface area is 126 Å². The van der Waals surface area contributed by atoms with Crippen molar-refractivity contribution >= 4 is 0 Å². The Balaban J connectivity index is 1.52. The van der Waals surface area contributed by atoms with Gasteiger partial charge in [-0.3, -0.25) is 0 Å². The average molecular weight is 292 g/mol. The van der Waals surface area contributed by atoms with Crippen LogP contribution in [-0.2, 0) is 25.6 Å². The molecule has 0 N–H and O–H groups in total. The van der Waals surface area contributed by atoms with E-state index in [9.17, 15) is 0 Å². The van der Waals surface area contributed by atoms with E-state index in [1.54, 1.807) is 0 Å². The number of ether oxygens (including phenoxy) is 4. The fourth-order valence-corrected chi connectivity index (χ4v) is 2.80. The first-order valence-corrected chi connectivity index (χ1v) is 7.91. The molecule has 2 fully saturated rings. The molecule has 1 aromatic rings. The monoisotopic (exact) mass is 292 g/mol. The first-order chi connectivity index (χ1) is 10.4. The summed E-state index contributed by atoms with van der Waals surface area (Å²) < 4.78 is 23.5. The van der Waals surface area contributed by atoms with E-state index < -0.39 is 0 Å². The second-order valence-electron chi connectivity index (χ2n) is 5.71. The van der Waals surface area contributed by atoms with Gasteiger partial charge in [-0.1, -0.05) is 43.7 Å². The molecule has 0 aliphatic carbocycles. The van der Waals surface area contributed by atoms with Crippen LogP contribution >= 0.6 is 0 Å². The van der Waals surface area contributed by atoms with E-state index in [0.717, 1.165) is 25.9 Å². The summed E-state index contributed by atoms with van der Waals surface area (Å²) in [6.45, 7) is 4.14. The van der Waals surface area contributed by atoms with E-state index in [2.05, 4.69) is 19.1 Å². The summed E-state index contributed by atoms with van der Waals surface area (Å²) >= 11 is 0. The van der Waals surface area contributed by atoms with E-state index in [1.165, 1.54) is 5.56 Å². The predicted molar refractivity (Wildman–Crippen MR) is 78.9 cm³/mol. The molecular formula is C17H24O4. The summed E-state index contributed by atoms with van der Waals surface area (Å²) in [4.78, 5) is 0. The van der Waals surface area contributed by atoms with Crippen LogP contribution in [0.2, 0.25) is 0 Å². The highest BCUT2D eigenvalue weighted by molar-refractivity contribution is 5.13. The molecule has 2 saturated heterocycles. The van der Waals surface area contributed by atoms with E-state index in [1.807, 2.05) is 18.2 Å². The summed E-state index contributed by atoms with van der Waals surface area (Å²) in [6.07, 6.45) is 2.95. The third kappa shape index (κ3) is 3.83. The first-order valence-electron chi connectivity index (χ1n) is 7.91. The van der Waals surface area contributed by atoms with Crippen molar-refractivity contribution in [3.63, 3.8) is 0 Å². The highest BCUT2D eigenvalue weighted by Gasteiger charge is 2.45. The lowest BCUT2D eigenvalue weighted by molar-refractivity contribution is -0.208. The van der Waals surface area contributed by atoms with Crippen LogP contribution in [0.3, 0.4) is 0 Å². The second-order valence-corrected chi connectivity index (χ2v) is 5.71. The molecule has 4 nitrogen and oxygen atoms in total. The van der Waals surface area contributed by atoms with Crippen molar-refractivity contribution in [2.24, 2.45) is 0 Å². The smallest absolute Gasteiger partial charge is 0.184 e. The van der Waals surface area contributed by atoms with Gasteiger partial charge in [0.05, 0.1) is 19.3 Å². The topological polar surface area (TPSA) is 36.9 Å². The molecule has 4 heteroatoms. The number of hydrogen-bond acceptors (Lipinski definition) is 4. The van der Waals surface area contributed by atoms with Crippen LogP contribution in [0.5, 0.6) is 0 Å². The molecule has 2 aliphatic heterocycles. The van der Waals surface area contributed by atoms with Gasteiger partial charge in [0.25, 0.3) is 0 Å². The van der Waals surface area contributed by atoms with Gasteiger partial charge in [0.15, 0.2) is 6.29 Å². The molecule has 4 atom stereocenters. The number of hydrogen-bond donors (Lipinski definition) is 0. The van der Waals surface area contributed by atoms with Gasteiger partial charge < -0.3 is 18.9 Å². The molecule has 0 saturated carbocycles. The number of benzene rings is 1. The Morgan fingerprint density at radius 1 is 1.14 bits per heavy atom. The minimum atomic E-state index is -0.205. The SMILES string of the molecule is CCCCO[C@@H]1C[C@H](OCc2ccccc2)[C@H]2CO[C@@H]1O2. The zero-order chi connectivity index (χ0) is 14.5. The van der Waals surface area contributed by atoms with Crippen LogP contribution in [-0.4, -0.2) is 37.8 Å². The number of unbranched alkanes of at least 4 members (excludes halogenated alkanes) is 1. The van der Waals surface area contributed by atoms with E-state index in [-0.39, 0.29) is 24.6 Å². The third-order valence-electron chi connectivity index (χ3n) is 4.05. The van der Waals surface area contributed by atoms with E-state index >= 15 is 0 Å². The molecule has 2 bridgehead atoms. The van der Waals surface area contributed by atoms with Crippen molar-refractivity contribution in [2.45, 2.75) is 57.4 Å². The Hall–Kier alpha value is -0.940. The lowest BCUT2D eigenvalue weighted by Gasteiger charge is -2.33. The van der Waals surface area contributed by atoms with Crippen LogP contribution in [0.4, 0.5) is 0 Å². The number of fused-ring (bicyclic) bond motifs is 2. The average Bonchev–Trinajstić information content (AvgIpc) is 2.95. The lowest BCUT2D eigenvalue weighted by atomic mass is 10.0. The molecule has 21 heavy (non-hydrogen) atoms. The zero-order valence-electron chi connectivity index (χ0n) is 12.6. The highest BCUT2D eigenvalue weighted by atomic mass is 16.8. The van der Waals surface area contributed by atoms with Gasteiger partial charge in [-0.25, -0.2) is 0 Å². The normalized spacial score (nSPS) is 31.5. The van der Waals surface area contributed by atoms with Gasteiger partial charge in [-0.15, -0.1) is 0 Å². The second kappa shape index (κ2) is 7.36. The van der Waals surface area contributed by atoms with Crippen molar-refractivity contribution in [2.75, 3.05) is 13.2 Å². The minimum absolute atomic E-state index is 0.00364. The van der Waals surface area contributed by atoms with E-state index in [0.29, 0.717) is 13.2 Å².